The van der Waals surface area contributed by atoms with Crippen LogP contribution in [0.2, 0.25) is 0 Å². The molecule has 3 N–H and O–H groups in total. The number of nitrogens with two attached hydrogens (primary N) is 1. The molecule has 6 rings (SSSR count). The summed E-state index contributed by atoms with van der Waals surface area (Å²) in [5.41, 5.74) is 13.8. The number of benzene rings is 2. The van der Waals surface area contributed by atoms with Gasteiger partial charge in [-0.2, -0.15) is 0 Å². The molecule has 2 aromatic carbocycles. The van der Waals surface area contributed by atoms with E-state index in [0.29, 0.717) is 17.4 Å². The molecule has 0 saturated carbocycles. The van der Waals surface area contributed by atoms with Crippen molar-refractivity contribution in [1.82, 2.24) is 19.4 Å². The Morgan fingerprint density at radius 3 is 2.62 bits per heavy atom. The first-order valence-electron chi connectivity index (χ1n) is 14.3. The molecule has 40 heavy (non-hydrogen) atoms. The molecule has 0 bridgehead atoms. The first kappa shape index (κ1) is 26.3. The normalized spacial score (nSPS) is 14.8. The van der Waals surface area contributed by atoms with Gasteiger partial charge in [0.15, 0.2) is 0 Å². The lowest BCUT2D eigenvalue weighted by Crippen LogP contribution is -2.29. The predicted molar refractivity (Wildman–Crippen MR) is 165 cm³/mol. The number of methoxy groups -OCH3 is 1. The summed E-state index contributed by atoms with van der Waals surface area (Å²) in [7, 11) is 7.85. The highest BCUT2D eigenvalue weighted by atomic mass is 16.5. The van der Waals surface area contributed by atoms with E-state index >= 15 is 0 Å². The summed E-state index contributed by atoms with van der Waals surface area (Å²) >= 11 is 0. The molecule has 9 heteroatoms. The number of hydrogen-bond acceptors (Lipinski definition) is 8. The first-order chi connectivity index (χ1) is 19.4. The van der Waals surface area contributed by atoms with E-state index in [-0.39, 0.29) is 0 Å². The Hall–Kier alpha value is -3.98. The lowest BCUT2D eigenvalue weighted by atomic mass is 10.0. The number of aryl methyl sites for hydroxylation is 2. The fourth-order valence-electron chi connectivity index (χ4n) is 6.16. The molecule has 4 heterocycles. The Kier molecular flexibility index (Phi) is 7.14. The molecule has 1 fully saturated rings. The van der Waals surface area contributed by atoms with Gasteiger partial charge in [-0.25, -0.2) is 9.97 Å². The molecule has 2 aliphatic heterocycles. The molecule has 0 aliphatic carbocycles. The number of nitrogen functional groups attached to an aromatic ring is 1. The van der Waals surface area contributed by atoms with Gasteiger partial charge in [0.1, 0.15) is 11.6 Å². The third kappa shape index (κ3) is 4.79. The number of para-hydroxylation sites is 1. The smallest absolute Gasteiger partial charge is 0.227 e. The molecule has 0 amide bonds. The van der Waals surface area contributed by atoms with E-state index in [4.69, 9.17) is 15.5 Å². The van der Waals surface area contributed by atoms with Gasteiger partial charge in [-0.3, -0.25) is 0 Å². The Morgan fingerprint density at radius 1 is 1.02 bits per heavy atom. The Balaban J connectivity index is 1.38. The van der Waals surface area contributed by atoms with E-state index in [1.54, 1.807) is 7.11 Å². The number of anilines is 5. The Labute approximate surface area is 236 Å². The summed E-state index contributed by atoms with van der Waals surface area (Å²) in [6, 6.07) is 12.6. The van der Waals surface area contributed by atoms with Crippen molar-refractivity contribution in [2.24, 2.45) is 0 Å². The van der Waals surface area contributed by atoms with Crippen LogP contribution in [-0.4, -0.2) is 73.9 Å². The molecular formula is C31H40N8O. The van der Waals surface area contributed by atoms with Crippen LogP contribution in [0.4, 0.5) is 28.8 Å². The predicted octanol–water partition coefficient (Wildman–Crippen LogP) is 4.98. The van der Waals surface area contributed by atoms with E-state index in [1.165, 1.54) is 47.1 Å². The number of nitrogens with zero attached hydrogens (tertiary/aromatic N) is 6. The van der Waals surface area contributed by atoms with Crippen molar-refractivity contribution in [1.29, 1.82) is 0 Å². The summed E-state index contributed by atoms with van der Waals surface area (Å²) < 4.78 is 8.31. The Morgan fingerprint density at radius 2 is 1.85 bits per heavy atom. The van der Waals surface area contributed by atoms with E-state index in [1.807, 2.05) is 31.4 Å². The summed E-state index contributed by atoms with van der Waals surface area (Å²) in [6.45, 7) is 4.99. The van der Waals surface area contributed by atoms with Gasteiger partial charge in [-0.05, 0) is 57.5 Å². The number of nitrogens with one attached hydrogen (secondary N) is 1. The first-order valence-corrected chi connectivity index (χ1v) is 14.3. The monoisotopic (exact) mass is 540 g/mol. The Bertz CT molecular complexity index is 1520. The lowest BCUT2D eigenvalue weighted by Gasteiger charge is -2.25. The topological polar surface area (TPSA) is 87.7 Å². The highest BCUT2D eigenvalue weighted by molar-refractivity contribution is 6.04. The van der Waals surface area contributed by atoms with Gasteiger partial charge in [-0.1, -0.05) is 18.2 Å². The molecule has 0 unspecified atom stereocenters. The van der Waals surface area contributed by atoms with E-state index in [2.05, 4.69) is 61.9 Å². The standard InChI is InChI=1S/C31H40N8O/c1-36(2)17-18-37(3)26-20-27(40-4)25(19-23(26)32)35-31-33-13-12-24(34-31)28-22-11-7-9-21-10-8-16-39(29(21)22)30(28)38-14-5-6-15-38/h7,9,11-13,19-20H,5-6,8,10,14-18,32H2,1-4H3,(H,33,34,35). The van der Waals surface area contributed by atoms with Crippen molar-refractivity contribution >= 4 is 39.7 Å². The molecule has 9 nitrogen and oxygen atoms in total. The number of rotatable bonds is 9. The van der Waals surface area contributed by atoms with Crippen LogP contribution in [0.3, 0.4) is 0 Å². The lowest BCUT2D eigenvalue weighted by molar-refractivity contribution is 0.413. The minimum Gasteiger partial charge on any atom is -0.494 e. The molecular weight excluding hydrogens is 500 g/mol. The zero-order valence-electron chi connectivity index (χ0n) is 24.1. The maximum atomic E-state index is 6.52. The van der Waals surface area contributed by atoms with Gasteiger partial charge < -0.3 is 35.1 Å². The van der Waals surface area contributed by atoms with Crippen molar-refractivity contribution < 1.29 is 4.74 Å². The van der Waals surface area contributed by atoms with Crippen LogP contribution in [0.1, 0.15) is 24.8 Å². The fraction of sp³-hybridized carbons (Fsp3) is 0.419. The zero-order chi connectivity index (χ0) is 27.8. The average molecular weight is 541 g/mol. The van der Waals surface area contributed by atoms with E-state index < -0.39 is 0 Å². The van der Waals surface area contributed by atoms with Gasteiger partial charge in [0, 0.05) is 57.4 Å². The highest BCUT2D eigenvalue weighted by Gasteiger charge is 2.28. The maximum Gasteiger partial charge on any atom is 0.227 e. The van der Waals surface area contributed by atoms with Gasteiger partial charge in [0.2, 0.25) is 5.95 Å². The van der Waals surface area contributed by atoms with Crippen LogP contribution in [-0.2, 0) is 13.0 Å². The minimum atomic E-state index is 0.517. The SMILES string of the molecule is COc1cc(N(C)CCN(C)C)c(N)cc1Nc1nccc(-c2c(N3CCCC3)n3c4c(cccc24)CCC3)n1. The van der Waals surface area contributed by atoms with Crippen molar-refractivity contribution in [3.8, 4) is 17.0 Å². The molecule has 210 valence electrons. The highest BCUT2D eigenvalue weighted by Crippen LogP contribution is 2.44. The zero-order valence-corrected chi connectivity index (χ0v) is 24.1. The second kappa shape index (κ2) is 10.9. The van der Waals surface area contributed by atoms with Crippen LogP contribution < -0.4 is 25.6 Å². The van der Waals surface area contributed by atoms with Gasteiger partial charge >= 0.3 is 0 Å². The third-order valence-electron chi connectivity index (χ3n) is 8.17. The molecule has 2 aliphatic rings. The summed E-state index contributed by atoms with van der Waals surface area (Å²) in [5.74, 6) is 2.51. The molecule has 4 aromatic rings. The minimum absolute atomic E-state index is 0.517. The quantitative estimate of drug-likeness (QED) is 0.288. The van der Waals surface area contributed by atoms with Crippen molar-refractivity contribution in [3.05, 3.63) is 48.2 Å². The molecule has 2 aromatic heterocycles. The second-order valence-electron chi connectivity index (χ2n) is 11.2. The van der Waals surface area contributed by atoms with Crippen molar-refractivity contribution in [3.63, 3.8) is 0 Å². The number of aromatic nitrogens is 3. The second-order valence-corrected chi connectivity index (χ2v) is 11.2. The maximum absolute atomic E-state index is 6.52. The number of ether oxygens (including phenoxy) is 1. The summed E-state index contributed by atoms with van der Waals surface area (Å²) in [6.07, 6.45) is 6.58. The molecule has 0 atom stereocenters. The summed E-state index contributed by atoms with van der Waals surface area (Å²) in [5, 5.41) is 4.67. The van der Waals surface area contributed by atoms with Crippen LogP contribution in [0, 0.1) is 0 Å². The number of likely N-dealkylation sites (N-methyl/N-ethyl adjacent to an activating group) is 2. The summed E-state index contributed by atoms with van der Waals surface area (Å²) in [4.78, 5) is 16.5. The van der Waals surface area contributed by atoms with E-state index in [0.717, 1.165) is 56.2 Å². The third-order valence-corrected chi connectivity index (χ3v) is 8.17. The molecule has 1 saturated heterocycles. The fourth-order valence-corrected chi connectivity index (χ4v) is 6.16. The van der Waals surface area contributed by atoms with Crippen LogP contribution in [0.5, 0.6) is 5.75 Å². The van der Waals surface area contributed by atoms with Crippen LogP contribution >= 0.6 is 0 Å². The van der Waals surface area contributed by atoms with Crippen LogP contribution in [0.25, 0.3) is 22.2 Å². The van der Waals surface area contributed by atoms with Gasteiger partial charge in [-0.15, -0.1) is 0 Å². The van der Waals surface area contributed by atoms with Gasteiger partial charge in [0.25, 0.3) is 0 Å². The largest absolute Gasteiger partial charge is 0.494 e. The molecule has 0 spiro atoms. The number of hydrogen-bond donors (Lipinski definition) is 2. The van der Waals surface area contributed by atoms with Crippen LogP contribution in [0.15, 0.2) is 42.6 Å². The van der Waals surface area contributed by atoms with E-state index in [9.17, 15) is 0 Å². The molecule has 0 radical (unpaired) electrons. The van der Waals surface area contributed by atoms with Gasteiger partial charge in [0.05, 0.1) is 40.9 Å². The van der Waals surface area contributed by atoms with Crippen molar-refractivity contribution in [2.45, 2.75) is 32.2 Å². The van der Waals surface area contributed by atoms with Crippen molar-refractivity contribution in [2.75, 3.05) is 75.3 Å². The average Bonchev–Trinajstić information content (AvgIpc) is 3.60.